The highest BCUT2D eigenvalue weighted by molar-refractivity contribution is 7.91. The van der Waals surface area contributed by atoms with Gasteiger partial charge in [0.25, 0.3) is 5.69 Å². The standard InChI is InChI=1S/C19H17N3O5S2/c1-2-11-21-16-13-14(22(24)25)8-9-17(16)28-19(21)20-18(23)10-12-29(26,27)15-6-4-3-5-7-15/h2-9,13H,1,10-12H2. The molecule has 0 radical (unpaired) electrons. The van der Waals surface area contributed by atoms with Gasteiger partial charge in [0.2, 0.25) is 5.91 Å². The molecular weight excluding hydrogens is 414 g/mol. The van der Waals surface area contributed by atoms with Gasteiger partial charge >= 0.3 is 0 Å². The summed E-state index contributed by atoms with van der Waals surface area (Å²) >= 11 is 1.20. The molecule has 1 aromatic heterocycles. The van der Waals surface area contributed by atoms with E-state index in [1.807, 2.05) is 0 Å². The third-order valence-electron chi connectivity index (χ3n) is 4.10. The Hall–Kier alpha value is -3.11. The third-order valence-corrected chi connectivity index (χ3v) is 6.89. The van der Waals surface area contributed by atoms with Gasteiger partial charge in [0.15, 0.2) is 14.6 Å². The molecule has 1 heterocycles. The fraction of sp³-hybridized carbons (Fsp3) is 0.158. The van der Waals surface area contributed by atoms with E-state index in [0.717, 1.165) is 4.70 Å². The first-order valence-electron chi connectivity index (χ1n) is 8.56. The number of sulfone groups is 1. The van der Waals surface area contributed by atoms with Crippen LogP contribution in [0, 0.1) is 10.1 Å². The van der Waals surface area contributed by atoms with Gasteiger partial charge in [0, 0.05) is 25.1 Å². The van der Waals surface area contributed by atoms with Crippen molar-refractivity contribution in [3.8, 4) is 0 Å². The molecule has 0 aliphatic rings. The SMILES string of the molecule is C=CCn1c(=NC(=O)CCS(=O)(=O)c2ccccc2)sc2ccc([N+](=O)[O-])cc21. The molecule has 150 valence electrons. The summed E-state index contributed by atoms with van der Waals surface area (Å²) in [6, 6.07) is 12.3. The molecule has 1 amide bonds. The van der Waals surface area contributed by atoms with Gasteiger partial charge in [-0.3, -0.25) is 14.9 Å². The van der Waals surface area contributed by atoms with Crippen molar-refractivity contribution in [3.63, 3.8) is 0 Å². The van der Waals surface area contributed by atoms with Gasteiger partial charge in [0.1, 0.15) is 0 Å². The van der Waals surface area contributed by atoms with E-state index in [-0.39, 0.29) is 22.8 Å². The highest BCUT2D eigenvalue weighted by Gasteiger charge is 2.17. The number of aromatic nitrogens is 1. The van der Waals surface area contributed by atoms with E-state index >= 15 is 0 Å². The maximum Gasteiger partial charge on any atom is 0.271 e. The monoisotopic (exact) mass is 431 g/mol. The zero-order chi connectivity index (χ0) is 21.0. The van der Waals surface area contributed by atoms with Crippen LogP contribution < -0.4 is 4.80 Å². The van der Waals surface area contributed by atoms with Gasteiger partial charge in [0.05, 0.1) is 25.8 Å². The summed E-state index contributed by atoms with van der Waals surface area (Å²) in [5.41, 5.74) is 0.493. The van der Waals surface area contributed by atoms with Gasteiger partial charge in [-0.25, -0.2) is 8.42 Å². The van der Waals surface area contributed by atoms with Crippen molar-refractivity contribution in [1.82, 2.24) is 4.57 Å². The third kappa shape index (κ3) is 4.66. The summed E-state index contributed by atoms with van der Waals surface area (Å²) in [7, 11) is -3.58. The molecule has 0 N–H and O–H groups in total. The molecule has 0 saturated heterocycles. The van der Waals surface area contributed by atoms with E-state index in [2.05, 4.69) is 11.6 Å². The Morgan fingerprint density at radius 3 is 2.62 bits per heavy atom. The number of carbonyl (C=O) groups excluding carboxylic acids is 1. The first-order chi connectivity index (χ1) is 13.8. The second kappa shape index (κ2) is 8.50. The zero-order valence-electron chi connectivity index (χ0n) is 15.2. The Balaban J connectivity index is 1.90. The quantitative estimate of drug-likeness (QED) is 0.324. The van der Waals surface area contributed by atoms with E-state index < -0.39 is 20.7 Å². The van der Waals surface area contributed by atoms with Crippen molar-refractivity contribution in [2.45, 2.75) is 17.9 Å². The summed E-state index contributed by atoms with van der Waals surface area (Å²) < 4.78 is 27.0. The minimum Gasteiger partial charge on any atom is -0.312 e. The van der Waals surface area contributed by atoms with Crippen LogP contribution in [-0.4, -0.2) is 29.6 Å². The molecule has 0 aliphatic carbocycles. The van der Waals surface area contributed by atoms with Crippen LogP contribution in [-0.2, 0) is 21.2 Å². The topological polar surface area (TPSA) is 112 Å². The van der Waals surface area contributed by atoms with Crippen LogP contribution in [0.4, 0.5) is 5.69 Å². The lowest BCUT2D eigenvalue weighted by Crippen LogP contribution is -2.17. The smallest absolute Gasteiger partial charge is 0.271 e. The number of non-ortho nitro benzene ring substituents is 1. The van der Waals surface area contributed by atoms with Crippen LogP contribution in [0.25, 0.3) is 10.2 Å². The molecule has 0 aliphatic heterocycles. The Bertz CT molecular complexity index is 1260. The fourth-order valence-electron chi connectivity index (χ4n) is 2.69. The van der Waals surface area contributed by atoms with Crippen molar-refractivity contribution < 1.29 is 18.1 Å². The number of amides is 1. The fourth-order valence-corrected chi connectivity index (χ4v) is 4.98. The van der Waals surface area contributed by atoms with Crippen molar-refractivity contribution >= 4 is 43.0 Å². The maximum atomic E-state index is 12.3. The second-order valence-corrected chi connectivity index (χ2v) is 9.20. The number of nitrogens with zero attached hydrogens (tertiary/aromatic N) is 3. The normalized spacial score (nSPS) is 12.2. The number of benzene rings is 2. The molecule has 0 unspecified atom stereocenters. The Kier molecular flexibility index (Phi) is 6.04. The Morgan fingerprint density at radius 1 is 1.24 bits per heavy atom. The van der Waals surface area contributed by atoms with Crippen LogP contribution >= 0.6 is 11.3 Å². The minimum absolute atomic E-state index is 0.0695. The van der Waals surface area contributed by atoms with E-state index in [1.165, 1.54) is 35.6 Å². The van der Waals surface area contributed by atoms with Crippen molar-refractivity contribution in [1.29, 1.82) is 0 Å². The van der Waals surface area contributed by atoms with Gasteiger partial charge < -0.3 is 4.57 Å². The second-order valence-electron chi connectivity index (χ2n) is 6.08. The van der Waals surface area contributed by atoms with Crippen LogP contribution in [0.2, 0.25) is 0 Å². The number of hydrogen-bond donors (Lipinski definition) is 0. The van der Waals surface area contributed by atoms with E-state index in [0.29, 0.717) is 16.9 Å². The van der Waals surface area contributed by atoms with Crippen LogP contribution in [0.5, 0.6) is 0 Å². The van der Waals surface area contributed by atoms with Gasteiger partial charge in [-0.1, -0.05) is 35.6 Å². The van der Waals surface area contributed by atoms with E-state index in [9.17, 15) is 23.3 Å². The molecular formula is C19H17N3O5S2. The number of hydrogen-bond acceptors (Lipinski definition) is 6. The first-order valence-corrected chi connectivity index (χ1v) is 11.0. The van der Waals surface area contributed by atoms with Crippen molar-refractivity contribution in [3.05, 3.63) is 76.1 Å². The molecule has 0 saturated carbocycles. The predicted molar refractivity (Wildman–Crippen MR) is 110 cm³/mol. The van der Waals surface area contributed by atoms with E-state index in [4.69, 9.17) is 0 Å². The Morgan fingerprint density at radius 2 is 1.97 bits per heavy atom. The number of nitro groups is 1. The average Bonchev–Trinajstić information content (AvgIpc) is 3.04. The molecule has 0 bridgehead atoms. The molecule has 2 aromatic carbocycles. The number of carbonyl (C=O) groups is 1. The van der Waals surface area contributed by atoms with E-state index in [1.54, 1.807) is 34.9 Å². The summed E-state index contributed by atoms with van der Waals surface area (Å²) in [6.45, 7) is 3.97. The van der Waals surface area contributed by atoms with Crippen molar-refractivity contribution in [2.75, 3.05) is 5.75 Å². The molecule has 3 rings (SSSR count). The maximum absolute atomic E-state index is 12.3. The number of allylic oxidation sites excluding steroid dienone is 1. The largest absolute Gasteiger partial charge is 0.312 e. The average molecular weight is 431 g/mol. The first kappa shape index (κ1) is 20.6. The van der Waals surface area contributed by atoms with Gasteiger partial charge in [-0.05, 0) is 18.2 Å². The highest BCUT2D eigenvalue weighted by Crippen LogP contribution is 2.23. The van der Waals surface area contributed by atoms with Crippen molar-refractivity contribution in [2.24, 2.45) is 4.99 Å². The number of thiazole rings is 1. The van der Waals surface area contributed by atoms with Gasteiger partial charge in [-0.2, -0.15) is 4.99 Å². The summed E-state index contributed by atoms with van der Waals surface area (Å²) in [4.78, 5) is 27.4. The lowest BCUT2D eigenvalue weighted by molar-refractivity contribution is -0.384. The molecule has 3 aromatic rings. The van der Waals surface area contributed by atoms with Gasteiger partial charge in [-0.15, -0.1) is 6.58 Å². The minimum atomic E-state index is -3.58. The highest BCUT2D eigenvalue weighted by atomic mass is 32.2. The molecule has 10 heteroatoms. The summed E-state index contributed by atoms with van der Waals surface area (Å²) in [6.07, 6.45) is 1.33. The van der Waals surface area contributed by atoms with Crippen LogP contribution in [0.3, 0.4) is 0 Å². The lowest BCUT2D eigenvalue weighted by Gasteiger charge is -2.03. The molecule has 8 nitrogen and oxygen atoms in total. The van der Waals surface area contributed by atoms with Crippen LogP contribution in [0.15, 0.2) is 71.1 Å². The molecule has 0 atom stereocenters. The summed E-state index contributed by atoms with van der Waals surface area (Å²) in [5.74, 6) is -0.930. The number of rotatable bonds is 7. The lowest BCUT2D eigenvalue weighted by atomic mass is 10.3. The number of nitro benzene ring substituents is 1. The number of fused-ring (bicyclic) bond motifs is 1. The zero-order valence-corrected chi connectivity index (χ0v) is 16.9. The molecule has 0 fully saturated rings. The van der Waals surface area contributed by atoms with Crippen LogP contribution in [0.1, 0.15) is 6.42 Å². The Labute approximate surface area is 170 Å². The summed E-state index contributed by atoms with van der Waals surface area (Å²) in [5, 5.41) is 11.0. The molecule has 0 spiro atoms. The molecule has 29 heavy (non-hydrogen) atoms. The predicted octanol–water partition coefficient (Wildman–Crippen LogP) is 3.09.